The van der Waals surface area contributed by atoms with E-state index in [1.165, 1.54) is 0 Å². The number of fused-ring (bicyclic) bond motifs is 1. The lowest BCUT2D eigenvalue weighted by Gasteiger charge is -2.28. The van der Waals surface area contributed by atoms with Crippen molar-refractivity contribution in [3.63, 3.8) is 0 Å². The van der Waals surface area contributed by atoms with Crippen molar-refractivity contribution in [1.82, 2.24) is 0 Å². The number of rotatable bonds is 5. The van der Waals surface area contributed by atoms with Gasteiger partial charge in [-0.15, -0.1) is 0 Å². The number of aryl methyl sites for hydroxylation is 1. The quantitative estimate of drug-likeness (QED) is 0.828. The number of nitrogens with two attached hydrogens (primary N) is 1. The zero-order valence-electron chi connectivity index (χ0n) is 13.8. The third-order valence-corrected chi connectivity index (χ3v) is 4.59. The highest BCUT2D eigenvalue weighted by Crippen LogP contribution is 2.35. The Morgan fingerprint density at radius 2 is 2.04 bits per heavy atom. The summed E-state index contributed by atoms with van der Waals surface area (Å²) in [6.45, 7) is 1.95. The van der Waals surface area contributed by atoms with E-state index in [1.54, 1.807) is 0 Å². The van der Waals surface area contributed by atoms with Crippen molar-refractivity contribution in [2.75, 3.05) is 0 Å². The SMILES string of the molecule is Cc1cccc2c1OB(O)[C@@H](CC(=O)[C@H](N)Cc1ccccc1)C2. The summed E-state index contributed by atoms with van der Waals surface area (Å²) in [5.74, 6) is 0.443. The minimum absolute atomic E-state index is 0.0393. The first-order chi connectivity index (χ1) is 11.5. The molecule has 24 heavy (non-hydrogen) atoms. The van der Waals surface area contributed by atoms with Gasteiger partial charge in [0.05, 0.1) is 6.04 Å². The number of carbonyl (C=O) groups excluding carboxylic acids is 1. The van der Waals surface area contributed by atoms with Crippen LogP contribution < -0.4 is 10.4 Å². The topological polar surface area (TPSA) is 72.5 Å². The maximum absolute atomic E-state index is 12.4. The van der Waals surface area contributed by atoms with Crippen LogP contribution in [-0.4, -0.2) is 24.0 Å². The molecule has 1 heterocycles. The largest absolute Gasteiger partial charge is 0.536 e. The van der Waals surface area contributed by atoms with Crippen LogP contribution in [0, 0.1) is 6.92 Å². The van der Waals surface area contributed by atoms with Crippen LogP contribution in [0.1, 0.15) is 23.1 Å². The highest BCUT2D eigenvalue weighted by Gasteiger charge is 2.37. The Labute approximate surface area is 142 Å². The summed E-state index contributed by atoms with van der Waals surface area (Å²) in [6.07, 6.45) is 1.36. The normalized spacial score (nSPS) is 17.8. The maximum Gasteiger partial charge on any atom is 0.526 e. The van der Waals surface area contributed by atoms with E-state index in [0.717, 1.165) is 22.4 Å². The van der Waals surface area contributed by atoms with E-state index in [4.69, 9.17) is 10.4 Å². The molecule has 2 aromatic rings. The standard InChI is InChI=1S/C19H22BNO3/c1-13-6-5-9-15-11-16(20(23)24-19(13)15)12-18(22)17(21)10-14-7-3-2-4-8-14/h2-9,16-17,23H,10-12,21H2,1H3/t16-,17-/m1/s1. The molecule has 2 atom stereocenters. The number of para-hydroxylation sites is 1. The number of benzene rings is 2. The maximum atomic E-state index is 12.4. The Balaban J connectivity index is 1.64. The average molecular weight is 323 g/mol. The highest BCUT2D eigenvalue weighted by molar-refractivity contribution is 6.46. The van der Waals surface area contributed by atoms with E-state index in [2.05, 4.69) is 0 Å². The number of carbonyl (C=O) groups is 1. The molecule has 124 valence electrons. The van der Waals surface area contributed by atoms with Gasteiger partial charge in [0.1, 0.15) is 11.5 Å². The van der Waals surface area contributed by atoms with Crippen LogP contribution in [0.25, 0.3) is 0 Å². The fraction of sp³-hybridized carbons (Fsp3) is 0.316. The number of hydrogen-bond donors (Lipinski definition) is 2. The average Bonchev–Trinajstić information content (AvgIpc) is 2.57. The number of Topliss-reactive ketones (excluding diaryl/α,β-unsaturated/α-hetero) is 1. The minimum Gasteiger partial charge on any atom is -0.536 e. The van der Waals surface area contributed by atoms with E-state index in [-0.39, 0.29) is 18.0 Å². The Bertz CT molecular complexity index is 720. The predicted molar refractivity (Wildman–Crippen MR) is 95.0 cm³/mol. The molecule has 1 aliphatic heterocycles. The van der Waals surface area contributed by atoms with Crippen molar-refractivity contribution >= 4 is 12.9 Å². The lowest BCUT2D eigenvalue weighted by molar-refractivity contribution is -0.120. The lowest BCUT2D eigenvalue weighted by Crippen LogP contribution is -2.39. The molecule has 1 aliphatic rings. The fourth-order valence-electron chi connectivity index (χ4n) is 3.21. The van der Waals surface area contributed by atoms with Gasteiger partial charge in [-0.05, 0) is 36.5 Å². The first-order valence-corrected chi connectivity index (χ1v) is 8.30. The Morgan fingerprint density at radius 3 is 2.79 bits per heavy atom. The molecule has 0 aliphatic carbocycles. The van der Waals surface area contributed by atoms with Crippen LogP contribution in [-0.2, 0) is 17.6 Å². The van der Waals surface area contributed by atoms with Crippen LogP contribution in [0.3, 0.4) is 0 Å². The molecule has 0 spiro atoms. The second-order valence-electron chi connectivity index (χ2n) is 6.50. The molecule has 0 radical (unpaired) electrons. The van der Waals surface area contributed by atoms with Crippen molar-refractivity contribution in [3.8, 4) is 5.75 Å². The van der Waals surface area contributed by atoms with Gasteiger partial charge in [-0.3, -0.25) is 4.79 Å². The van der Waals surface area contributed by atoms with Crippen LogP contribution in [0.2, 0.25) is 5.82 Å². The zero-order valence-corrected chi connectivity index (χ0v) is 13.8. The van der Waals surface area contributed by atoms with Crippen molar-refractivity contribution in [3.05, 3.63) is 65.2 Å². The number of ketones is 1. The molecular formula is C19H22BNO3. The second-order valence-corrected chi connectivity index (χ2v) is 6.50. The summed E-state index contributed by atoms with van der Waals surface area (Å²) in [6, 6.07) is 15.1. The van der Waals surface area contributed by atoms with Gasteiger partial charge in [0.2, 0.25) is 0 Å². The van der Waals surface area contributed by atoms with E-state index in [9.17, 15) is 9.82 Å². The van der Waals surface area contributed by atoms with Crippen molar-refractivity contribution in [2.24, 2.45) is 5.73 Å². The molecule has 0 saturated heterocycles. The molecule has 0 unspecified atom stereocenters. The first-order valence-electron chi connectivity index (χ1n) is 8.30. The lowest BCUT2D eigenvalue weighted by atomic mass is 9.64. The molecule has 0 fully saturated rings. The summed E-state index contributed by atoms with van der Waals surface area (Å²) >= 11 is 0. The van der Waals surface area contributed by atoms with Crippen LogP contribution in [0.4, 0.5) is 0 Å². The van der Waals surface area contributed by atoms with Gasteiger partial charge in [0.15, 0.2) is 0 Å². The summed E-state index contributed by atoms with van der Waals surface area (Å²) in [4.78, 5) is 12.4. The molecule has 5 heteroatoms. The molecule has 3 rings (SSSR count). The van der Waals surface area contributed by atoms with Crippen molar-refractivity contribution in [1.29, 1.82) is 0 Å². The smallest absolute Gasteiger partial charge is 0.526 e. The van der Waals surface area contributed by atoms with E-state index in [1.807, 2.05) is 55.5 Å². The molecule has 0 aromatic heterocycles. The van der Waals surface area contributed by atoms with Gasteiger partial charge in [-0.1, -0.05) is 48.5 Å². The monoisotopic (exact) mass is 323 g/mol. The molecule has 3 N–H and O–H groups in total. The second kappa shape index (κ2) is 7.20. The zero-order chi connectivity index (χ0) is 17.1. The van der Waals surface area contributed by atoms with E-state index in [0.29, 0.717) is 12.8 Å². The van der Waals surface area contributed by atoms with Gasteiger partial charge in [0.25, 0.3) is 0 Å². The first kappa shape index (κ1) is 16.7. The Hall–Kier alpha value is -2.11. The fourth-order valence-corrected chi connectivity index (χ4v) is 3.21. The van der Waals surface area contributed by atoms with Crippen molar-refractivity contribution in [2.45, 2.75) is 38.0 Å². The minimum atomic E-state index is -0.966. The van der Waals surface area contributed by atoms with Crippen LogP contribution in [0.15, 0.2) is 48.5 Å². The van der Waals surface area contributed by atoms with Gasteiger partial charge in [-0.2, -0.15) is 0 Å². The van der Waals surface area contributed by atoms with Crippen LogP contribution >= 0.6 is 0 Å². The molecule has 0 saturated carbocycles. The van der Waals surface area contributed by atoms with Gasteiger partial charge in [0, 0.05) is 12.2 Å². The highest BCUT2D eigenvalue weighted by atomic mass is 16.5. The van der Waals surface area contributed by atoms with Crippen molar-refractivity contribution < 1.29 is 14.5 Å². The summed E-state index contributed by atoms with van der Waals surface area (Å²) < 4.78 is 5.64. The summed E-state index contributed by atoms with van der Waals surface area (Å²) in [5.41, 5.74) is 9.13. The number of hydrogen-bond acceptors (Lipinski definition) is 4. The molecule has 4 nitrogen and oxygen atoms in total. The Kier molecular flexibility index (Phi) is 5.02. The van der Waals surface area contributed by atoms with Gasteiger partial charge in [-0.25, -0.2) is 0 Å². The molecule has 0 bridgehead atoms. The summed E-state index contributed by atoms with van der Waals surface area (Å²) in [5, 5.41) is 10.2. The third-order valence-electron chi connectivity index (χ3n) is 4.59. The van der Waals surface area contributed by atoms with E-state index < -0.39 is 13.2 Å². The summed E-state index contributed by atoms with van der Waals surface area (Å²) in [7, 11) is -0.966. The molecule has 2 aromatic carbocycles. The van der Waals surface area contributed by atoms with Crippen LogP contribution in [0.5, 0.6) is 5.75 Å². The molecular weight excluding hydrogens is 301 g/mol. The molecule has 0 amide bonds. The Morgan fingerprint density at radius 1 is 1.29 bits per heavy atom. The van der Waals surface area contributed by atoms with Gasteiger partial charge >= 0.3 is 7.12 Å². The predicted octanol–water partition coefficient (Wildman–Crippen LogP) is 2.31. The third kappa shape index (κ3) is 3.69. The van der Waals surface area contributed by atoms with E-state index >= 15 is 0 Å². The van der Waals surface area contributed by atoms with Gasteiger partial charge < -0.3 is 15.4 Å².